The summed E-state index contributed by atoms with van der Waals surface area (Å²) in [5.74, 6) is 0.911. The van der Waals surface area contributed by atoms with Gasteiger partial charge in [0.05, 0.1) is 0 Å². The molecule has 2 atom stereocenters. The molecular formula is C11H18O2. The van der Waals surface area contributed by atoms with Gasteiger partial charge in [-0.3, -0.25) is 4.79 Å². The Morgan fingerprint density at radius 2 is 2.31 bits per heavy atom. The van der Waals surface area contributed by atoms with Gasteiger partial charge in [0.1, 0.15) is 5.78 Å². The zero-order valence-electron chi connectivity index (χ0n) is 8.51. The van der Waals surface area contributed by atoms with E-state index in [1.165, 1.54) is 0 Å². The van der Waals surface area contributed by atoms with Crippen LogP contribution in [0.5, 0.6) is 0 Å². The molecule has 0 aromatic heterocycles. The molecule has 1 fully saturated rings. The van der Waals surface area contributed by atoms with Gasteiger partial charge in [-0.15, -0.1) is 0 Å². The minimum absolute atomic E-state index is 0.199. The fourth-order valence-electron chi connectivity index (χ4n) is 1.79. The van der Waals surface area contributed by atoms with E-state index in [9.17, 15) is 4.79 Å². The minimum Gasteiger partial charge on any atom is -0.381 e. The van der Waals surface area contributed by atoms with Crippen molar-refractivity contribution in [3.63, 3.8) is 0 Å². The standard InChI is InChI=1S/C11H18O2/c1-8(2)6-11(12)10-4-5-13-7-9(10)3/h9-10H,1,4-7H2,2-3H3. The molecule has 1 rings (SSSR count). The SMILES string of the molecule is C=C(C)CC(=O)C1CCOCC1C. The Kier molecular flexibility index (Phi) is 3.67. The van der Waals surface area contributed by atoms with Gasteiger partial charge in [0, 0.05) is 25.6 Å². The number of ketones is 1. The molecule has 0 radical (unpaired) electrons. The molecule has 0 aromatic carbocycles. The van der Waals surface area contributed by atoms with Crippen molar-refractivity contribution in [2.24, 2.45) is 11.8 Å². The monoisotopic (exact) mass is 182 g/mol. The first kappa shape index (κ1) is 10.5. The molecule has 2 nitrogen and oxygen atoms in total. The van der Waals surface area contributed by atoms with E-state index in [-0.39, 0.29) is 5.92 Å². The van der Waals surface area contributed by atoms with Crippen LogP contribution in [0, 0.1) is 11.8 Å². The van der Waals surface area contributed by atoms with Crippen molar-refractivity contribution >= 4 is 5.78 Å². The molecule has 74 valence electrons. The lowest BCUT2D eigenvalue weighted by molar-refractivity contribution is -0.127. The van der Waals surface area contributed by atoms with E-state index in [2.05, 4.69) is 13.5 Å². The van der Waals surface area contributed by atoms with Crippen molar-refractivity contribution in [1.82, 2.24) is 0 Å². The van der Waals surface area contributed by atoms with E-state index >= 15 is 0 Å². The van der Waals surface area contributed by atoms with Crippen LogP contribution in [-0.2, 0) is 9.53 Å². The van der Waals surface area contributed by atoms with Crippen molar-refractivity contribution in [3.8, 4) is 0 Å². The average molecular weight is 182 g/mol. The fourth-order valence-corrected chi connectivity index (χ4v) is 1.79. The number of ether oxygens (including phenoxy) is 1. The molecule has 0 bridgehead atoms. The summed E-state index contributed by atoms with van der Waals surface area (Å²) in [6.45, 7) is 9.21. The van der Waals surface area contributed by atoms with Gasteiger partial charge in [-0.05, 0) is 19.3 Å². The summed E-state index contributed by atoms with van der Waals surface area (Å²) in [6, 6.07) is 0. The lowest BCUT2D eigenvalue weighted by Gasteiger charge is -2.27. The van der Waals surface area contributed by atoms with Crippen LogP contribution < -0.4 is 0 Å². The highest BCUT2D eigenvalue weighted by molar-refractivity contribution is 5.83. The summed E-state index contributed by atoms with van der Waals surface area (Å²) < 4.78 is 5.29. The molecule has 0 spiro atoms. The maximum Gasteiger partial charge on any atom is 0.140 e. The predicted octanol–water partition coefficient (Wildman–Crippen LogP) is 2.19. The Hall–Kier alpha value is -0.630. The summed E-state index contributed by atoms with van der Waals surface area (Å²) in [5, 5.41) is 0. The number of allylic oxidation sites excluding steroid dienone is 1. The maximum atomic E-state index is 11.7. The van der Waals surface area contributed by atoms with Gasteiger partial charge in [-0.25, -0.2) is 0 Å². The highest BCUT2D eigenvalue weighted by atomic mass is 16.5. The van der Waals surface area contributed by atoms with Crippen LogP contribution in [0.1, 0.15) is 26.7 Å². The second-order valence-electron chi connectivity index (χ2n) is 4.05. The first-order valence-corrected chi connectivity index (χ1v) is 4.86. The van der Waals surface area contributed by atoms with E-state index in [4.69, 9.17) is 4.74 Å². The van der Waals surface area contributed by atoms with Gasteiger partial charge >= 0.3 is 0 Å². The molecule has 1 heterocycles. The van der Waals surface area contributed by atoms with Gasteiger partial charge < -0.3 is 4.74 Å². The Labute approximate surface area is 80.0 Å². The lowest BCUT2D eigenvalue weighted by Crippen LogP contribution is -2.31. The van der Waals surface area contributed by atoms with Gasteiger partial charge in [0.2, 0.25) is 0 Å². The average Bonchev–Trinajstić information content (AvgIpc) is 2.03. The lowest BCUT2D eigenvalue weighted by atomic mass is 9.84. The van der Waals surface area contributed by atoms with Gasteiger partial charge in [0.15, 0.2) is 0 Å². The van der Waals surface area contributed by atoms with E-state index in [1.807, 2.05) is 6.92 Å². The topological polar surface area (TPSA) is 26.3 Å². The van der Waals surface area contributed by atoms with E-state index in [0.29, 0.717) is 18.1 Å². The molecule has 1 aliphatic heterocycles. The number of hydrogen-bond donors (Lipinski definition) is 0. The molecule has 1 saturated heterocycles. The summed E-state index contributed by atoms with van der Waals surface area (Å²) in [7, 11) is 0. The summed E-state index contributed by atoms with van der Waals surface area (Å²) in [5.41, 5.74) is 0.962. The normalized spacial score (nSPS) is 28.5. The molecule has 0 aliphatic carbocycles. The molecule has 1 aliphatic rings. The Morgan fingerprint density at radius 3 is 2.85 bits per heavy atom. The van der Waals surface area contributed by atoms with E-state index < -0.39 is 0 Å². The molecule has 2 unspecified atom stereocenters. The molecule has 0 N–H and O–H groups in total. The molecule has 0 saturated carbocycles. The Morgan fingerprint density at radius 1 is 1.62 bits per heavy atom. The molecule has 2 heteroatoms. The van der Waals surface area contributed by atoms with Crippen LogP contribution in [0.15, 0.2) is 12.2 Å². The maximum absolute atomic E-state index is 11.7. The van der Waals surface area contributed by atoms with Gasteiger partial charge in [-0.2, -0.15) is 0 Å². The largest absolute Gasteiger partial charge is 0.381 e. The third-order valence-corrected chi connectivity index (χ3v) is 2.53. The highest BCUT2D eigenvalue weighted by Gasteiger charge is 2.27. The summed E-state index contributed by atoms with van der Waals surface area (Å²) in [4.78, 5) is 11.7. The molecular weight excluding hydrogens is 164 g/mol. The summed E-state index contributed by atoms with van der Waals surface area (Å²) in [6.07, 6.45) is 1.42. The quantitative estimate of drug-likeness (QED) is 0.625. The second kappa shape index (κ2) is 4.56. The smallest absolute Gasteiger partial charge is 0.140 e. The van der Waals surface area contributed by atoms with Gasteiger partial charge in [-0.1, -0.05) is 19.1 Å². The number of Topliss-reactive ketones (excluding diaryl/α,β-unsaturated/α-hetero) is 1. The number of hydrogen-bond acceptors (Lipinski definition) is 2. The van der Waals surface area contributed by atoms with Crippen LogP contribution >= 0.6 is 0 Å². The Bertz CT molecular complexity index is 208. The van der Waals surface area contributed by atoms with Crippen LogP contribution in [0.2, 0.25) is 0 Å². The zero-order valence-corrected chi connectivity index (χ0v) is 8.51. The van der Waals surface area contributed by atoms with Crippen molar-refractivity contribution in [1.29, 1.82) is 0 Å². The molecule has 0 aromatic rings. The minimum atomic E-state index is 0.199. The number of carbonyl (C=O) groups excluding carboxylic acids is 1. The fraction of sp³-hybridized carbons (Fsp3) is 0.727. The van der Waals surface area contributed by atoms with Crippen molar-refractivity contribution in [2.75, 3.05) is 13.2 Å². The van der Waals surface area contributed by atoms with E-state index in [0.717, 1.165) is 25.2 Å². The third kappa shape index (κ3) is 2.96. The zero-order chi connectivity index (χ0) is 9.84. The predicted molar refractivity (Wildman–Crippen MR) is 52.5 cm³/mol. The second-order valence-corrected chi connectivity index (χ2v) is 4.05. The van der Waals surface area contributed by atoms with Crippen molar-refractivity contribution in [2.45, 2.75) is 26.7 Å². The van der Waals surface area contributed by atoms with Crippen LogP contribution in [-0.4, -0.2) is 19.0 Å². The molecule has 0 amide bonds. The van der Waals surface area contributed by atoms with Crippen LogP contribution in [0.25, 0.3) is 0 Å². The van der Waals surface area contributed by atoms with E-state index in [1.54, 1.807) is 0 Å². The van der Waals surface area contributed by atoms with Crippen molar-refractivity contribution in [3.05, 3.63) is 12.2 Å². The first-order chi connectivity index (χ1) is 6.11. The first-order valence-electron chi connectivity index (χ1n) is 4.86. The van der Waals surface area contributed by atoms with Crippen LogP contribution in [0.3, 0.4) is 0 Å². The van der Waals surface area contributed by atoms with Gasteiger partial charge in [0.25, 0.3) is 0 Å². The van der Waals surface area contributed by atoms with Crippen molar-refractivity contribution < 1.29 is 9.53 Å². The highest BCUT2D eigenvalue weighted by Crippen LogP contribution is 2.24. The molecule has 13 heavy (non-hydrogen) atoms. The van der Waals surface area contributed by atoms with Crippen LogP contribution in [0.4, 0.5) is 0 Å². The third-order valence-electron chi connectivity index (χ3n) is 2.53. The Balaban J connectivity index is 2.48. The number of rotatable bonds is 3. The number of carbonyl (C=O) groups is 1. The summed E-state index contributed by atoms with van der Waals surface area (Å²) >= 11 is 0.